The Balaban J connectivity index is 1.84. The first-order valence-electron chi connectivity index (χ1n) is 7.16. The van der Waals surface area contributed by atoms with Gasteiger partial charge in [-0.2, -0.15) is 5.26 Å². The number of nitriles is 1. The minimum absolute atomic E-state index is 0.104. The number of carbonyl (C=O) groups excluding carboxylic acids is 1. The molecule has 0 saturated carbocycles. The van der Waals surface area contributed by atoms with Crippen LogP contribution >= 0.6 is 0 Å². The largest absolute Gasteiger partial charge is 0.497 e. The molecule has 0 N–H and O–H groups in total. The topological polar surface area (TPSA) is 62.6 Å². The third-order valence-electron chi connectivity index (χ3n) is 3.36. The molecule has 0 aliphatic rings. The van der Waals surface area contributed by atoms with Crippen molar-refractivity contribution in [2.75, 3.05) is 27.3 Å². The number of carbonyl (C=O) groups is 1. The van der Waals surface area contributed by atoms with Crippen molar-refractivity contribution in [3.05, 3.63) is 59.7 Å². The van der Waals surface area contributed by atoms with Crippen molar-refractivity contribution < 1.29 is 14.3 Å². The lowest BCUT2D eigenvalue weighted by Crippen LogP contribution is -2.30. The van der Waals surface area contributed by atoms with Crippen LogP contribution in [-0.2, 0) is 0 Å². The summed E-state index contributed by atoms with van der Waals surface area (Å²) in [6.07, 6.45) is 0. The van der Waals surface area contributed by atoms with Crippen LogP contribution in [0.3, 0.4) is 0 Å². The zero-order valence-electron chi connectivity index (χ0n) is 13.2. The van der Waals surface area contributed by atoms with Gasteiger partial charge < -0.3 is 14.4 Å². The molecule has 23 heavy (non-hydrogen) atoms. The highest BCUT2D eigenvalue weighted by molar-refractivity contribution is 5.94. The van der Waals surface area contributed by atoms with Crippen LogP contribution in [0.5, 0.6) is 11.5 Å². The molecule has 0 bridgehead atoms. The van der Waals surface area contributed by atoms with Gasteiger partial charge in [0.05, 0.1) is 25.3 Å². The van der Waals surface area contributed by atoms with E-state index < -0.39 is 0 Å². The van der Waals surface area contributed by atoms with Crippen LogP contribution in [-0.4, -0.2) is 38.1 Å². The van der Waals surface area contributed by atoms with Crippen molar-refractivity contribution >= 4 is 5.91 Å². The predicted octanol–water partition coefficient (Wildman–Crippen LogP) is 2.72. The van der Waals surface area contributed by atoms with E-state index in [-0.39, 0.29) is 5.91 Å². The van der Waals surface area contributed by atoms with Gasteiger partial charge in [-0.3, -0.25) is 4.79 Å². The van der Waals surface area contributed by atoms with E-state index in [1.165, 1.54) is 0 Å². The fraction of sp³-hybridized carbons (Fsp3) is 0.222. The highest BCUT2D eigenvalue weighted by Crippen LogP contribution is 2.16. The molecule has 2 rings (SSSR count). The average Bonchev–Trinajstić information content (AvgIpc) is 2.61. The minimum Gasteiger partial charge on any atom is -0.497 e. The Morgan fingerprint density at radius 1 is 1.09 bits per heavy atom. The monoisotopic (exact) mass is 310 g/mol. The number of nitrogens with zero attached hydrogens (tertiary/aromatic N) is 2. The molecule has 0 aliphatic heterocycles. The molecule has 0 fully saturated rings. The van der Waals surface area contributed by atoms with Gasteiger partial charge in [0.25, 0.3) is 5.91 Å². The van der Waals surface area contributed by atoms with Crippen molar-refractivity contribution in [2.24, 2.45) is 0 Å². The molecule has 118 valence electrons. The second-order valence-electron chi connectivity index (χ2n) is 4.94. The van der Waals surface area contributed by atoms with Gasteiger partial charge >= 0.3 is 0 Å². The Bertz CT molecular complexity index is 688. The van der Waals surface area contributed by atoms with Crippen LogP contribution in [0.1, 0.15) is 15.9 Å². The summed E-state index contributed by atoms with van der Waals surface area (Å²) < 4.78 is 10.7. The molecule has 0 radical (unpaired) electrons. The van der Waals surface area contributed by atoms with Crippen LogP contribution in [0.2, 0.25) is 0 Å². The number of rotatable bonds is 6. The summed E-state index contributed by atoms with van der Waals surface area (Å²) in [4.78, 5) is 13.8. The molecule has 0 atom stereocenters. The predicted molar refractivity (Wildman–Crippen MR) is 86.6 cm³/mol. The van der Waals surface area contributed by atoms with Gasteiger partial charge in [0.15, 0.2) is 0 Å². The molecule has 0 unspecified atom stereocenters. The fourth-order valence-electron chi connectivity index (χ4n) is 1.98. The molecular formula is C18H18N2O3. The lowest BCUT2D eigenvalue weighted by Gasteiger charge is -2.17. The number of hydrogen-bond acceptors (Lipinski definition) is 4. The first-order valence-corrected chi connectivity index (χ1v) is 7.16. The van der Waals surface area contributed by atoms with Gasteiger partial charge in [0.1, 0.15) is 18.1 Å². The van der Waals surface area contributed by atoms with E-state index in [1.807, 2.05) is 30.3 Å². The smallest absolute Gasteiger partial charge is 0.253 e. The SMILES string of the molecule is COc1ccc(OCCN(C)C(=O)c2ccc(C#N)cc2)cc1. The first-order chi connectivity index (χ1) is 11.1. The zero-order chi connectivity index (χ0) is 16.7. The third-order valence-corrected chi connectivity index (χ3v) is 3.36. The standard InChI is InChI=1S/C18H18N2O3/c1-20(18(21)15-5-3-14(13-19)4-6-15)11-12-23-17-9-7-16(22-2)8-10-17/h3-10H,11-12H2,1-2H3. The summed E-state index contributed by atoms with van der Waals surface area (Å²) in [6.45, 7) is 0.857. The van der Waals surface area contributed by atoms with Crippen LogP contribution in [0.4, 0.5) is 0 Å². The Labute approximate surface area is 135 Å². The van der Waals surface area contributed by atoms with E-state index in [1.54, 1.807) is 43.3 Å². The highest BCUT2D eigenvalue weighted by Gasteiger charge is 2.11. The van der Waals surface area contributed by atoms with Gasteiger partial charge in [-0.1, -0.05) is 0 Å². The summed E-state index contributed by atoms with van der Waals surface area (Å²) in [5.74, 6) is 1.39. The van der Waals surface area contributed by atoms with Crippen molar-refractivity contribution in [3.63, 3.8) is 0 Å². The Hall–Kier alpha value is -3.00. The van der Waals surface area contributed by atoms with E-state index in [9.17, 15) is 4.79 Å². The second kappa shape index (κ2) is 7.85. The number of ether oxygens (including phenoxy) is 2. The molecule has 5 heteroatoms. The maximum absolute atomic E-state index is 12.2. The molecule has 2 aromatic carbocycles. The lowest BCUT2D eigenvalue weighted by molar-refractivity contribution is 0.0774. The average molecular weight is 310 g/mol. The molecule has 0 heterocycles. The van der Waals surface area contributed by atoms with Gasteiger partial charge in [-0.15, -0.1) is 0 Å². The number of benzene rings is 2. The summed E-state index contributed by atoms with van der Waals surface area (Å²) in [5, 5.41) is 8.76. The van der Waals surface area contributed by atoms with Crippen molar-refractivity contribution in [2.45, 2.75) is 0 Å². The van der Waals surface area contributed by atoms with Gasteiger partial charge in [-0.25, -0.2) is 0 Å². The molecular weight excluding hydrogens is 292 g/mol. The van der Waals surface area contributed by atoms with E-state index >= 15 is 0 Å². The summed E-state index contributed by atoms with van der Waals surface area (Å²) in [7, 11) is 3.33. The minimum atomic E-state index is -0.104. The Morgan fingerprint density at radius 2 is 1.70 bits per heavy atom. The van der Waals surface area contributed by atoms with Crippen molar-refractivity contribution in [1.82, 2.24) is 4.90 Å². The van der Waals surface area contributed by atoms with Gasteiger partial charge in [0, 0.05) is 12.6 Å². The van der Waals surface area contributed by atoms with Gasteiger partial charge in [-0.05, 0) is 48.5 Å². The molecule has 2 aromatic rings. The maximum Gasteiger partial charge on any atom is 0.253 e. The van der Waals surface area contributed by atoms with E-state index in [0.717, 1.165) is 11.5 Å². The van der Waals surface area contributed by atoms with Crippen LogP contribution in [0.25, 0.3) is 0 Å². The summed E-state index contributed by atoms with van der Waals surface area (Å²) in [6, 6.07) is 15.9. The molecule has 0 saturated heterocycles. The summed E-state index contributed by atoms with van der Waals surface area (Å²) >= 11 is 0. The molecule has 0 aromatic heterocycles. The maximum atomic E-state index is 12.2. The highest BCUT2D eigenvalue weighted by atomic mass is 16.5. The molecule has 1 amide bonds. The fourth-order valence-corrected chi connectivity index (χ4v) is 1.98. The van der Waals surface area contributed by atoms with E-state index in [2.05, 4.69) is 0 Å². The second-order valence-corrected chi connectivity index (χ2v) is 4.94. The number of likely N-dealkylation sites (N-methyl/N-ethyl adjacent to an activating group) is 1. The third kappa shape index (κ3) is 4.48. The van der Waals surface area contributed by atoms with Crippen LogP contribution in [0, 0.1) is 11.3 Å². The summed E-state index contributed by atoms with van der Waals surface area (Å²) in [5.41, 5.74) is 1.09. The van der Waals surface area contributed by atoms with Crippen LogP contribution < -0.4 is 9.47 Å². The van der Waals surface area contributed by atoms with Crippen LogP contribution in [0.15, 0.2) is 48.5 Å². The van der Waals surface area contributed by atoms with Gasteiger partial charge in [0.2, 0.25) is 0 Å². The Kier molecular flexibility index (Phi) is 5.59. The number of amides is 1. The number of methoxy groups -OCH3 is 1. The molecule has 0 spiro atoms. The van der Waals surface area contributed by atoms with E-state index in [4.69, 9.17) is 14.7 Å². The van der Waals surface area contributed by atoms with Crippen molar-refractivity contribution in [3.8, 4) is 17.6 Å². The van der Waals surface area contributed by atoms with Crippen molar-refractivity contribution in [1.29, 1.82) is 5.26 Å². The molecule has 5 nitrogen and oxygen atoms in total. The Morgan fingerprint density at radius 3 is 2.26 bits per heavy atom. The number of hydrogen-bond donors (Lipinski definition) is 0. The molecule has 0 aliphatic carbocycles. The normalized spacial score (nSPS) is 9.78. The quantitative estimate of drug-likeness (QED) is 0.823. The first kappa shape index (κ1) is 16.4. The lowest BCUT2D eigenvalue weighted by atomic mass is 10.1. The zero-order valence-corrected chi connectivity index (χ0v) is 13.2. The van der Waals surface area contributed by atoms with E-state index in [0.29, 0.717) is 24.3 Å².